The molecule has 3 heteroatoms. The summed E-state index contributed by atoms with van der Waals surface area (Å²) in [5, 5.41) is 3.26. The number of amides is 1. The Hall–Kier alpha value is -1.35. The molecule has 0 radical (unpaired) electrons. The van der Waals surface area contributed by atoms with E-state index in [1.165, 1.54) is 11.1 Å². The van der Waals surface area contributed by atoms with E-state index in [2.05, 4.69) is 37.4 Å². The molecule has 0 unspecified atom stereocenters. The molecule has 1 heterocycles. The van der Waals surface area contributed by atoms with E-state index in [0.717, 1.165) is 31.7 Å². The molecule has 2 rings (SSSR count). The van der Waals surface area contributed by atoms with Crippen LogP contribution in [0, 0.1) is 13.8 Å². The van der Waals surface area contributed by atoms with E-state index in [-0.39, 0.29) is 5.91 Å². The zero-order valence-corrected chi connectivity index (χ0v) is 10.6. The fourth-order valence-corrected chi connectivity index (χ4v) is 2.11. The molecule has 0 atom stereocenters. The summed E-state index contributed by atoms with van der Waals surface area (Å²) >= 11 is 0. The van der Waals surface area contributed by atoms with Crippen LogP contribution in [-0.2, 0) is 4.79 Å². The molecule has 1 aliphatic heterocycles. The quantitative estimate of drug-likeness (QED) is 0.803. The third kappa shape index (κ3) is 2.86. The molecule has 92 valence electrons. The summed E-state index contributed by atoms with van der Waals surface area (Å²) in [5.74, 6) is 0.223. The van der Waals surface area contributed by atoms with Gasteiger partial charge in [-0.25, -0.2) is 0 Å². The summed E-state index contributed by atoms with van der Waals surface area (Å²) < 4.78 is 0. The number of aryl methyl sites for hydroxylation is 2. The third-order valence-electron chi connectivity index (χ3n) is 3.35. The van der Waals surface area contributed by atoms with Gasteiger partial charge in [0, 0.05) is 25.2 Å². The van der Waals surface area contributed by atoms with Crippen molar-refractivity contribution in [1.29, 1.82) is 0 Å². The minimum absolute atomic E-state index is 0.223. The number of nitrogens with one attached hydrogen (secondary N) is 1. The maximum atomic E-state index is 12.0. The fourth-order valence-electron chi connectivity index (χ4n) is 2.11. The second-order valence-corrected chi connectivity index (χ2v) is 4.67. The highest BCUT2D eigenvalue weighted by Crippen LogP contribution is 2.20. The van der Waals surface area contributed by atoms with Gasteiger partial charge in [0.2, 0.25) is 5.91 Å². The molecule has 1 amide bonds. The predicted octanol–water partition coefficient (Wildman–Crippen LogP) is 2.02. The van der Waals surface area contributed by atoms with Crippen LogP contribution >= 0.6 is 0 Å². The maximum Gasteiger partial charge on any atom is 0.228 e. The fraction of sp³-hybridized carbons (Fsp3) is 0.500. The minimum atomic E-state index is 0.223. The van der Waals surface area contributed by atoms with Gasteiger partial charge in [-0.15, -0.1) is 0 Å². The van der Waals surface area contributed by atoms with Crippen LogP contribution in [0.15, 0.2) is 18.2 Å². The summed E-state index contributed by atoms with van der Waals surface area (Å²) in [4.78, 5) is 14.0. The third-order valence-corrected chi connectivity index (χ3v) is 3.35. The summed E-state index contributed by atoms with van der Waals surface area (Å²) in [6, 6.07) is 6.26. The van der Waals surface area contributed by atoms with Gasteiger partial charge < -0.3 is 10.2 Å². The summed E-state index contributed by atoms with van der Waals surface area (Å²) in [7, 11) is 0. The first-order valence-corrected chi connectivity index (χ1v) is 6.27. The van der Waals surface area contributed by atoms with Gasteiger partial charge in [-0.2, -0.15) is 0 Å². The maximum absolute atomic E-state index is 12.0. The average Bonchev–Trinajstić information content (AvgIpc) is 2.28. The van der Waals surface area contributed by atoms with Crippen LogP contribution in [0.25, 0.3) is 0 Å². The van der Waals surface area contributed by atoms with Crippen molar-refractivity contribution in [2.75, 3.05) is 24.5 Å². The summed E-state index contributed by atoms with van der Waals surface area (Å²) in [6.45, 7) is 6.79. The largest absolute Gasteiger partial charge is 0.316 e. The molecule has 1 aromatic rings. The van der Waals surface area contributed by atoms with Gasteiger partial charge in [-0.3, -0.25) is 4.79 Å². The smallest absolute Gasteiger partial charge is 0.228 e. The van der Waals surface area contributed by atoms with Gasteiger partial charge in [0.1, 0.15) is 0 Å². The Balaban J connectivity index is 2.22. The topological polar surface area (TPSA) is 32.3 Å². The molecule has 0 aromatic heterocycles. The van der Waals surface area contributed by atoms with E-state index in [1.807, 2.05) is 4.90 Å². The number of anilines is 1. The lowest BCUT2D eigenvalue weighted by Gasteiger charge is -2.26. The number of rotatable bonds is 1. The number of hydrogen-bond acceptors (Lipinski definition) is 2. The zero-order chi connectivity index (χ0) is 12.3. The Labute approximate surface area is 103 Å². The Morgan fingerprint density at radius 1 is 1.18 bits per heavy atom. The highest BCUT2D eigenvalue weighted by molar-refractivity contribution is 5.93. The van der Waals surface area contributed by atoms with E-state index >= 15 is 0 Å². The molecule has 0 saturated carbocycles. The molecule has 1 saturated heterocycles. The minimum Gasteiger partial charge on any atom is -0.316 e. The summed E-state index contributed by atoms with van der Waals surface area (Å²) in [5.41, 5.74) is 3.56. The van der Waals surface area contributed by atoms with E-state index in [1.54, 1.807) is 0 Å². The SMILES string of the molecule is Cc1ccc(N2CCCNCCC2=O)cc1C. The molecular weight excluding hydrogens is 212 g/mol. The van der Waals surface area contributed by atoms with Gasteiger partial charge in [0.25, 0.3) is 0 Å². The first-order chi connectivity index (χ1) is 8.18. The number of hydrogen-bond donors (Lipinski definition) is 1. The molecule has 1 aliphatic rings. The normalized spacial score (nSPS) is 17.8. The van der Waals surface area contributed by atoms with Crippen LogP contribution in [-0.4, -0.2) is 25.5 Å². The standard InChI is InChI=1S/C14H20N2O/c1-11-4-5-13(10-12(11)2)16-9-3-7-15-8-6-14(16)17/h4-5,10,15H,3,6-9H2,1-2H3. The van der Waals surface area contributed by atoms with Gasteiger partial charge in [-0.05, 0) is 50.1 Å². The molecule has 1 fully saturated rings. The van der Waals surface area contributed by atoms with Gasteiger partial charge in [0.15, 0.2) is 0 Å². The van der Waals surface area contributed by atoms with Crippen LogP contribution in [0.5, 0.6) is 0 Å². The Morgan fingerprint density at radius 2 is 2.00 bits per heavy atom. The van der Waals surface area contributed by atoms with Crippen LogP contribution < -0.4 is 10.2 Å². The van der Waals surface area contributed by atoms with E-state index < -0.39 is 0 Å². The van der Waals surface area contributed by atoms with Crippen molar-refractivity contribution in [2.45, 2.75) is 26.7 Å². The second kappa shape index (κ2) is 5.32. The molecule has 0 aliphatic carbocycles. The monoisotopic (exact) mass is 232 g/mol. The predicted molar refractivity (Wildman–Crippen MR) is 70.4 cm³/mol. The lowest BCUT2D eigenvalue weighted by molar-refractivity contribution is -0.118. The van der Waals surface area contributed by atoms with Crippen molar-refractivity contribution >= 4 is 11.6 Å². The van der Waals surface area contributed by atoms with Crippen LogP contribution in [0.2, 0.25) is 0 Å². The van der Waals surface area contributed by atoms with E-state index in [4.69, 9.17) is 0 Å². The molecule has 1 N–H and O–H groups in total. The van der Waals surface area contributed by atoms with Crippen molar-refractivity contribution in [3.8, 4) is 0 Å². The van der Waals surface area contributed by atoms with E-state index in [0.29, 0.717) is 6.42 Å². The number of carbonyl (C=O) groups excluding carboxylic acids is 1. The molecular formula is C14H20N2O. The van der Waals surface area contributed by atoms with Crippen molar-refractivity contribution in [2.24, 2.45) is 0 Å². The number of benzene rings is 1. The highest BCUT2D eigenvalue weighted by Gasteiger charge is 2.17. The van der Waals surface area contributed by atoms with Gasteiger partial charge in [-0.1, -0.05) is 6.07 Å². The molecule has 0 spiro atoms. The zero-order valence-electron chi connectivity index (χ0n) is 10.6. The first kappa shape index (κ1) is 12.1. The Kier molecular flexibility index (Phi) is 3.79. The highest BCUT2D eigenvalue weighted by atomic mass is 16.2. The van der Waals surface area contributed by atoms with E-state index in [9.17, 15) is 4.79 Å². The Bertz CT molecular complexity index is 415. The number of nitrogens with zero attached hydrogens (tertiary/aromatic N) is 1. The average molecular weight is 232 g/mol. The van der Waals surface area contributed by atoms with Crippen LogP contribution in [0.1, 0.15) is 24.0 Å². The molecule has 17 heavy (non-hydrogen) atoms. The van der Waals surface area contributed by atoms with Gasteiger partial charge >= 0.3 is 0 Å². The second-order valence-electron chi connectivity index (χ2n) is 4.67. The molecule has 1 aromatic carbocycles. The summed E-state index contributed by atoms with van der Waals surface area (Å²) in [6.07, 6.45) is 1.60. The van der Waals surface area contributed by atoms with Crippen molar-refractivity contribution < 1.29 is 4.79 Å². The lowest BCUT2D eigenvalue weighted by Crippen LogP contribution is -2.38. The first-order valence-electron chi connectivity index (χ1n) is 6.27. The van der Waals surface area contributed by atoms with Crippen molar-refractivity contribution in [3.63, 3.8) is 0 Å². The lowest BCUT2D eigenvalue weighted by atomic mass is 10.1. The Morgan fingerprint density at radius 3 is 2.76 bits per heavy atom. The van der Waals surface area contributed by atoms with Crippen LogP contribution in [0.4, 0.5) is 5.69 Å². The molecule has 0 bridgehead atoms. The van der Waals surface area contributed by atoms with Crippen molar-refractivity contribution in [3.05, 3.63) is 29.3 Å². The van der Waals surface area contributed by atoms with Crippen molar-refractivity contribution in [1.82, 2.24) is 5.32 Å². The molecule has 3 nitrogen and oxygen atoms in total. The van der Waals surface area contributed by atoms with Crippen LogP contribution in [0.3, 0.4) is 0 Å². The number of carbonyl (C=O) groups is 1. The van der Waals surface area contributed by atoms with Gasteiger partial charge in [0.05, 0.1) is 0 Å².